The van der Waals surface area contributed by atoms with E-state index in [-0.39, 0.29) is 12.0 Å². The molecule has 1 heterocycles. The molecule has 0 amide bonds. The van der Waals surface area contributed by atoms with Crippen molar-refractivity contribution in [2.75, 3.05) is 0 Å². The van der Waals surface area contributed by atoms with Crippen molar-refractivity contribution >= 4 is 10.9 Å². The molecule has 0 saturated carbocycles. The zero-order valence-electron chi connectivity index (χ0n) is 39.8. The van der Waals surface area contributed by atoms with Crippen molar-refractivity contribution in [2.45, 2.75) is 143 Å². The number of hydrogen-bond acceptors (Lipinski definition) is 5. The van der Waals surface area contributed by atoms with Gasteiger partial charge in [0.05, 0.1) is 16.6 Å². The number of rotatable bonds is 30. The van der Waals surface area contributed by atoms with Crippen LogP contribution >= 0.6 is 0 Å². The Balaban J connectivity index is 1.18. The fourth-order valence-electron chi connectivity index (χ4n) is 8.81. The number of aryl methyl sites for hydroxylation is 1. The molecule has 0 aliphatic rings. The fourth-order valence-corrected chi connectivity index (χ4v) is 8.81. The van der Waals surface area contributed by atoms with Crippen LogP contribution in [0.2, 0.25) is 0 Å². The molecule has 0 atom stereocenters. The molecule has 7 rings (SSSR count). The van der Waals surface area contributed by atoms with Crippen LogP contribution in [-0.2, 0) is 33.0 Å². The van der Waals surface area contributed by atoms with E-state index >= 15 is 4.79 Å². The molecule has 0 unspecified atom stereocenters. The van der Waals surface area contributed by atoms with Crippen LogP contribution < -0.4 is 24.4 Å². The van der Waals surface area contributed by atoms with E-state index in [9.17, 15) is 0 Å². The fraction of sp³-hybridized carbons (Fsp3) is 0.361. The molecule has 6 aromatic carbocycles. The SMILES string of the molecule is CCCCCCCCCCCCCCCCCCn1c(-c2ccc(OCc3ccccc3)cc2)c(OCc2ccccc2)c(=O)c2c(OCc3ccccc3)cc(OCc3ccccc3)cc21. The molecular weight excluding hydrogens is 827 g/mol. The summed E-state index contributed by atoms with van der Waals surface area (Å²) in [4.78, 5) is 15.3. The lowest BCUT2D eigenvalue weighted by Crippen LogP contribution is -2.18. The lowest BCUT2D eigenvalue weighted by molar-refractivity contribution is 0.291. The van der Waals surface area contributed by atoms with Crippen LogP contribution in [0.25, 0.3) is 22.2 Å². The first-order valence-electron chi connectivity index (χ1n) is 25.2. The number of hydrogen-bond donors (Lipinski definition) is 0. The molecule has 0 spiro atoms. The molecule has 1 aromatic heterocycles. The third-order valence-electron chi connectivity index (χ3n) is 12.6. The van der Waals surface area contributed by atoms with Crippen molar-refractivity contribution in [3.05, 3.63) is 190 Å². The number of benzene rings is 6. The van der Waals surface area contributed by atoms with E-state index in [1.807, 2.05) is 133 Å². The Morgan fingerprint density at radius 1 is 0.403 bits per heavy atom. The first-order valence-corrected chi connectivity index (χ1v) is 25.2. The highest BCUT2D eigenvalue weighted by molar-refractivity contribution is 5.92. The van der Waals surface area contributed by atoms with Crippen molar-refractivity contribution < 1.29 is 18.9 Å². The van der Waals surface area contributed by atoms with Gasteiger partial charge in [-0.1, -0.05) is 225 Å². The minimum Gasteiger partial charge on any atom is -0.489 e. The topological polar surface area (TPSA) is 58.9 Å². The number of nitrogens with zero attached hydrogens (tertiary/aromatic N) is 1. The van der Waals surface area contributed by atoms with Gasteiger partial charge >= 0.3 is 0 Å². The molecule has 6 nitrogen and oxygen atoms in total. The molecule has 0 fully saturated rings. The first-order chi connectivity index (χ1) is 33.2. The summed E-state index contributed by atoms with van der Waals surface area (Å²) < 4.78 is 28.4. The van der Waals surface area contributed by atoms with Crippen molar-refractivity contribution in [3.63, 3.8) is 0 Å². The standard InChI is InChI=1S/C61H71NO5/c1-2-3-4-5-6-7-8-9-10-11-12-13-14-15-16-29-42-62-56-43-55(65-46-50-32-23-18-24-33-50)44-57(66-47-51-34-25-19-26-35-51)58(56)60(63)61(67-48-52-36-27-20-28-37-52)59(62)53-38-40-54(41-39-53)64-45-49-30-21-17-22-31-49/h17-28,30-41,43-44H,2-16,29,42,45-48H2,1H3. The van der Waals surface area contributed by atoms with Gasteiger partial charge in [-0.15, -0.1) is 0 Å². The van der Waals surface area contributed by atoms with Gasteiger partial charge in [-0.3, -0.25) is 4.79 Å². The van der Waals surface area contributed by atoms with Crippen LogP contribution in [0.1, 0.15) is 132 Å². The number of unbranched alkanes of at least 4 members (excludes halogenated alkanes) is 15. The normalized spacial score (nSPS) is 11.2. The Morgan fingerprint density at radius 2 is 0.806 bits per heavy atom. The van der Waals surface area contributed by atoms with Gasteiger partial charge < -0.3 is 23.5 Å². The quantitative estimate of drug-likeness (QED) is 0.0421. The average molecular weight is 898 g/mol. The summed E-state index contributed by atoms with van der Waals surface area (Å²) in [6.45, 7) is 4.34. The van der Waals surface area contributed by atoms with E-state index in [0.29, 0.717) is 49.0 Å². The summed E-state index contributed by atoms with van der Waals surface area (Å²) in [5.41, 5.74) is 6.28. The number of ether oxygens (including phenoxy) is 4. The Labute approximate surface area is 399 Å². The van der Waals surface area contributed by atoms with Crippen molar-refractivity contribution in [3.8, 4) is 34.3 Å². The van der Waals surface area contributed by atoms with Gasteiger partial charge in [0, 0.05) is 24.2 Å². The molecule has 67 heavy (non-hydrogen) atoms. The van der Waals surface area contributed by atoms with E-state index in [4.69, 9.17) is 18.9 Å². The molecule has 0 aliphatic heterocycles. The van der Waals surface area contributed by atoms with Gasteiger partial charge in [-0.25, -0.2) is 0 Å². The second-order valence-electron chi connectivity index (χ2n) is 17.9. The Hall–Kier alpha value is -6.27. The Morgan fingerprint density at radius 3 is 1.27 bits per heavy atom. The average Bonchev–Trinajstić information content (AvgIpc) is 3.38. The van der Waals surface area contributed by atoms with Crippen molar-refractivity contribution in [2.24, 2.45) is 0 Å². The second kappa shape index (κ2) is 27.4. The van der Waals surface area contributed by atoms with Gasteiger partial charge in [0.15, 0.2) is 5.75 Å². The smallest absolute Gasteiger partial charge is 0.235 e. The van der Waals surface area contributed by atoms with E-state index in [2.05, 4.69) is 35.8 Å². The summed E-state index contributed by atoms with van der Waals surface area (Å²) in [6, 6.07) is 52.4. The van der Waals surface area contributed by atoms with Crippen LogP contribution in [0.4, 0.5) is 0 Å². The van der Waals surface area contributed by atoms with Crippen LogP contribution in [0.3, 0.4) is 0 Å². The largest absolute Gasteiger partial charge is 0.489 e. The summed E-state index contributed by atoms with van der Waals surface area (Å²) in [7, 11) is 0. The second-order valence-corrected chi connectivity index (χ2v) is 17.9. The summed E-state index contributed by atoms with van der Waals surface area (Å²) >= 11 is 0. The van der Waals surface area contributed by atoms with E-state index < -0.39 is 0 Å². The van der Waals surface area contributed by atoms with Gasteiger partial charge in [-0.05, 0) is 52.9 Å². The highest BCUT2D eigenvalue weighted by Crippen LogP contribution is 2.39. The lowest BCUT2D eigenvalue weighted by Gasteiger charge is -2.23. The number of fused-ring (bicyclic) bond motifs is 1. The third kappa shape index (κ3) is 15.4. The minimum absolute atomic E-state index is 0.216. The molecule has 7 aromatic rings. The molecule has 0 aliphatic carbocycles. The third-order valence-corrected chi connectivity index (χ3v) is 12.6. The van der Waals surface area contributed by atoms with E-state index in [1.165, 1.54) is 89.9 Å². The predicted molar refractivity (Wildman–Crippen MR) is 276 cm³/mol. The number of pyridine rings is 1. The van der Waals surface area contributed by atoms with Gasteiger partial charge in [0.1, 0.15) is 43.7 Å². The van der Waals surface area contributed by atoms with Crippen LogP contribution in [-0.4, -0.2) is 4.57 Å². The van der Waals surface area contributed by atoms with Crippen LogP contribution in [0.15, 0.2) is 163 Å². The van der Waals surface area contributed by atoms with Crippen LogP contribution in [0, 0.1) is 0 Å². The molecular formula is C61H71NO5. The van der Waals surface area contributed by atoms with Crippen molar-refractivity contribution in [1.82, 2.24) is 4.57 Å². The molecule has 0 bridgehead atoms. The maximum atomic E-state index is 15.3. The van der Waals surface area contributed by atoms with E-state index in [1.54, 1.807) is 0 Å². The monoisotopic (exact) mass is 898 g/mol. The maximum absolute atomic E-state index is 15.3. The highest BCUT2D eigenvalue weighted by Gasteiger charge is 2.24. The highest BCUT2D eigenvalue weighted by atomic mass is 16.5. The molecule has 6 heteroatoms. The van der Waals surface area contributed by atoms with Crippen molar-refractivity contribution in [1.29, 1.82) is 0 Å². The predicted octanol–water partition coefficient (Wildman–Crippen LogP) is 16.2. The molecule has 0 radical (unpaired) electrons. The number of aromatic nitrogens is 1. The zero-order valence-corrected chi connectivity index (χ0v) is 39.8. The molecule has 350 valence electrons. The molecule has 0 N–H and O–H groups in total. The van der Waals surface area contributed by atoms with Crippen LogP contribution in [0.5, 0.6) is 23.0 Å². The summed E-state index contributed by atoms with van der Waals surface area (Å²) in [5.74, 6) is 2.15. The Bertz CT molecular complexity index is 2520. The van der Waals surface area contributed by atoms with E-state index in [0.717, 1.165) is 57.6 Å². The lowest BCUT2D eigenvalue weighted by atomic mass is 10.0. The zero-order chi connectivity index (χ0) is 46.1. The summed E-state index contributed by atoms with van der Waals surface area (Å²) in [5, 5.41) is 0.481. The maximum Gasteiger partial charge on any atom is 0.235 e. The first kappa shape index (κ1) is 48.7. The van der Waals surface area contributed by atoms with Gasteiger partial charge in [0.25, 0.3) is 0 Å². The minimum atomic E-state index is -0.216. The molecule has 0 saturated heterocycles. The van der Waals surface area contributed by atoms with Gasteiger partial charge in [-0.2, -0.15) is 0 Å². The van der Waals surface area contributed by atoms with Gasteiger partial charge in [0.2, 0.25) is 5.43 Å². The summed E-state index contributed by atoms with van der Waals surface area (Å²) in [6.07, 6.45) is 20.8. The Kier molecular flexibility index (Phi) is 19.9.